The molecule has 0 amide bonds. The lowest BCUT2D eigenvalue weighted by Gasteiger charge is -2.23. The SMILES string of the molecule is COc1ccc(C#N)c(NCC(C)(C)CO)c1. The molecule has 0 bridgehead atoms. The smallest absolute Gasteiger partial charge is 0.121 e. The van der Waals surface area contributed by atoms with E-state index < -0.39 is 0 Å². The first kappa shape index (κ1) is 13.3. The van der Waals surface area contributed by atoms with Gasteiger partial charge in [-0.25, -0.2) is 0 Å². The van der Waals surface area contributed by atoms with Gasteiger partial charge in [-0.2, -0.15) is 5.26 Å². The van der Waals surface area contributed by atoms with E-state index in [2.05, 4.69) is 11.4 Å². The average Bonchev–Trinajstić information content (AvgIpc) is 2.36. The first-order valence-electron chi connectivity index (χ1n) is 5.45. The largest absolute Gasteiger partial charge is 0.497 e. The van der Waals surface area contributed by atoms with Gasteiger partial charge in [0.1, 0.15) is 11.8 Å². The molecule has 0 saturated carbocycles. The Morgan fingerprint density at radius 1 is 1.47 bits per heavy atom. The van der Waals surface area contributed by atoms with Crippen LogP contribution in [0.1, 0.15) is 19.4 Å². The number of nitrogens with zero attached hydrogens (tertiary/aromatic N) is 1. The zero-order valence-corrected chi connectivity index (χ0v) is 10.4. The summed E-state index contributed by atoms with van der Waals surface area (Å²) >= 11 is 0. The number of methoxy groups -OCH3 is 1. The van der Waals surface area contributed by atoms with Crippen LogP contribution in [0.3, 0.4) is 0 Å². The van der Waals surface area contributed by atoms with Crippen molar-refractivity contribution in [3.05, 3.63) is 23.8 Å². The van der Waals surface area contributed by atoms with Crippen LogP contribution in [0.25, 0.3) is 0 Å². The highest BCUT2D eigenvalue weighted by Gasteiger charge is 2.16. The highest BCUT2D eigenvalue weighted by atomic mass is 16.5. The fourth-order valence-corrected chi connectivity index (χ4v) is 1.28. The molecule has 0 spiro atoms. The number of benzene rings is 1. The quantitative estimate of drug-likeness (QED) is 0.817. The highest BCUT2D eigenvalue weighted by molar-refractivity contribution is 5.60. The summed E-state index contributed by atoms with van der Waals surface area (Å²) in [5.41, 5.74) is 1.07. The number of aliphatic hydroxyl groups excluding tert-OH is 1. The third kappa shape index (κ3) is 3.65. The Labute approximate surface area is 102 Å². The van der Waals surface area contributed by atoms with E-state index in [0.29, 0.717) is 17.9 Å². The zero-order valence-electron chi connectivity index (χ0n) is 10.4. The van der Waals surface area contributed by atoms with E-state index in [1.165, 1.54) is 0 Å². The van der Waals surface area contributed by atoms with Crippen molar-refractivity contribution in [3.8, 4) is 11.8 Å². The molecule has 4 nitrogen and oxygen atoms in total. The van der Waals surface area contributed by atoms with E-state index in [1.54, 1.807) is 25.3 Å². The minimum Gasteiger partial charge on any atom is -0.497 e. The van der Waals surface area contributed by atoms with Gasteiger partial charge in [-0.15, -0.1) is 0 Å². The number of aliphatic hydroxyl groups is 1. The molecule has 0 aliphatic carbocycles. The maximum atomic E-state index is 9.17. The average molecular weight is 234 g/mol. The minimum atomic E-state index is -0.226. The van der Waals surface area contributed by atoms with Gasteiger partial charge in [-0.3, -0.25) is 0 Å². The second-order valence-electron chi connectivity index (χ2n) is 4.70. The molecule has 0 aliphatic rings. The first-order chi connectivity index (χ1) is 8.02. The van der Waals surface area contributed by atoms with Crippen molar-refractivity contribution in [1.82, 2.24) is 0 Å². The summed E-state index contributed by atoms with van der Waals surface area (Å²) in [7, 11) is 1.59. The number of hydrogen-bond donors (Lipinski definition) is 2. The molecule has 1 rings (SSSR count). The van der Waals surface area contributed by atoms with E-state index in [9.17, 15) is 0 Å². The summed E-state index contributed by atoms with van der Waals surface area (Å²) in [6, 6.07) is 7.37. The third-order valence-corrected chi connectivity index (χ3v) is 2.53. The number of hydrogen-bond acceptors (Lipinski definition) is 4. The Morgan fingerprint density at radius 2 is 2.18 bits per heavy atom. The molecule has 0 aliphatic heterocycles. The monoisotopic (exact) mass is 234 g/mol. The predicted molar refractivity (Wildman–Crippen MR) is 67.1 cm³/mol. The molecular weight excluding hydrogens is 216 g/mol. The van der Waals surface area contributed by atoms with Crippen LogP contribution in [0, 0.1) is 16.7 Å². The van der Waals surface area contributed by atoms with Crippen LogP contribution >= 0.6 is 0 Å². The van der Waals surface area contributed by atoms with Gasteiger partial charge in [0.15, 0.2) is 0 Å². The summed E-state index contributed by atoms with van der Waals surface area (Å²) in [5.74, 6) is 0.702. The number of nitriles is 1. The minimum absolute atomic E-state index is 0.0891. The van der Waals surface area contributed by atoms with Gasteiger partial charge in [0, 0.05) is 24.6 Å². The summed E-state index contributed by atoms with van der Waals surface area (Å²) in [4.78, 5) is 0. The molecule has 0 unspecified atom stereocenters. The van der Waals surface area contributed by atoms with Crippen LogP contribution in [-0.2, 0) is 0 Å². The lowest BCUT2D eigenvalue weighted by Crippen LogP contribution is -2.27. The molecule has 0 heterocycles. The predicted octanol–water partition coefficient (Wildman–Crippen LogP) is 2.00. The van der Waals surface area contributed by atoms with Crippen molar-refractivity contribution in [3.63, 3.8) is 0 Å². The normalized spacial score (nSPS) is 10.8. The molecule has 0 atom stereocenters. The van der Waals surface area contributed by atoms with Crippen molar-refractivity contribution < 1.29 is 9.84 Å². The molecule has 17 heavy (non-hydrogen) atoms. The molecule has 2 N–H and O–H groups in total. The maximum absolute atomic E-state index is 9.17. The van der Waals surface area contributed by atoms with Crippen molar-refractivity contribution >= 4 is 5.69 Å². The van der Waals surface area contributed by atoms with E-state index in [1.807, 2.05) is 13.8 Å². The summed E-state index contributed by atoms with van der Waals surface area (Å²) in [5, 5.41) is 21.3. The van der Waals surface area contributed by atoms with Gasteiger partial charge >= 0.3 is 0 Å². The fourth-order valence-electron chi connectivity index (χ4n) is 1.28. The Hall–Kier alpha value is -1.73. The molecule has 0 radical (unpaired) electrons. The van der Waals surface area contributed by atoms with Gasteiger partial charge in [-0.05, 0) is 12.1 Å². The number of ether oxygens (including phenoxy) is 1. The van der Waals surface area contributed by atoms with E-state index in [0.717, 1.165) is 5.69 Å². The van der Waals surface area contributed by atoms with Crippen LogP contribution in [-0.4, -0.2) is 25.4 Å². The van der Waals surface area contributed by atoms with Gasteiger partial charge in [0.2, 0.25) is 0 Å². The summed E-state index contributed by atoms with van der Waals surface area (Å²) in [6.45, 7) is 4.58. The topological polar surface area (TPSA) is 65.3 Å². The van der Waals surface area contributed by atoms with E-state index in [-0.39, 0.29) is 12.0 Å². The highest BCUT2D eigenvalue weighted by Crippen LogP contribution is 2.23. The first-order valence-corrected chi connectivity index (χ1v) is 5.45. The van der Waals surface area contributed by atoms with Crippen LogP contribution in [0.2, 0.25) is 0 Å². The molecule has 92 valence electrons. The molecule has 0 saturated heterocycles. The third-order valence-electron chi connectivity index (χ3n) is 2.53. The Morgan fingerprint density at radius 3 is 2.71 bits per heavy atom. The summed E-state index contributed by atoms with van der Waals surface area (Å²) in [6.07, 6.45) is 0. The number of nitrogens with one attached hydrogen (secondary N) is 1. The number of anilines is 1. The lowest BCUT2D eigenvalue weighted by atomic mass is 9.95. The van der Waals surface area contributed by atoms with Crippen LogP contribution in [0.15, 0.2) is 18.2 Å². The number of rotatable bonds is 5. The molecule has 4 heteroatoms. The van der Waals surface area contributed by atoms with Gasteiger partial charge in [0.05, 0.1) is 18.4 Å². The lowest BCUT2D eigenvalue weighted by molar-refractivity contribution is 0.171. The molecule has 0 aromatic heterocycles. The Balaban J connectivity index is 2.86. The second-order valence-corrected chi connectivity index (χ2v) is 4.70. The molecule has 1 aromatic rings. The Kier molecular flexibility index (Phi) is 4.36. The molecular formula is C13H18N2O2. The van der Waals surface area contributed by atoms with Gasteiger partial charge < -0.3 is 15.2 Å². The van der Waals surface area contributed by atoms with Crippen molar-refractivity contribution in [2.24, 2.45) is 5.41 Å². The van der Waals surface area contributed by atoms with Gasteiger partial charge in [-0.1, -0.05) is 13.8 Å². The second kappa shape index (κ2) is 5.55. The summed E-state index contributed by atoms with van der Waals surface area (Å²) < 4.78 is 5.11. The van der Waals surface area contributed by atoms with E-state index in [4.69, 9.17) is 15.1 Å². The van der Waals surface area contributed by atoms with Crippen LogP contribution < -0.4 is 10.1 Å². The van der Waals surface area contributed by atoms with Crippen molar-refractivity contribution in [1.29, 1.82) is 5.26 Å². The molecule has 0 fully saturated rings. The maximum Gasteiger partial charge on any atom is 0.121 e. The van der Waals surface area contributed by atoms with E-state index >= 15 is 0 Å². The molecule has 1 aromatic carbocycles. The van der Waals surface area contributed by atoms with Crippen LogP contribution in [0.4, 0.5) is 5.69 Å². The fraction of sp³-hybridized carbons (Fsp3) is 0.462. The van der Waals surface area contributed by atoms with Crippen molar-refractivity contribution in [2.45, 2.75) is 13.8 Å². The zero-order chi connectivity index (χ0) is 12.9. The Bertz CT molecular complexity index is 422. The van der Waals surface area contributed by atoms with Gasteiger partial charge in [0.25, 0.3) is 0 Å². The standard InChI is InChI=1S/C13H18N2O2/c1-13(2,9-16)8-15-12-6-11(17-3)5-4-10(12)7-14/h4-6,15-16H,8-9H2,1-3H3. The van der Waals surface area contributed by atoms with Crippen LogP contribution in [0.5, 0.6) is 5.75 Å². The van der Waals surface area contributed by atoms with Crippen molar-refractivity contribution in [2.75, 3.05) is 25.6 Å².